The fraction of sp³-hybridized carbons (Fsp3) is 0.447. The van der Waals surface area contributed by atoms with Crippen molar-refractivity contribution in [2.24, 2.45) is 0 Å². The summed E-state index contributed by atoms with van der Waals surface area (Å²) in [5.74, 6) is -2.51. The zero-order valence-electron chi connectivity index (χ0n) is 29.1. The predicted molar refractivity (Wildman–Crippen MR) is 188 cm³/mol. The molecule has 3 aromatic carbocycles. The molecule has 2 N–H and O–H groups in total. The van der Waals surface area contributed by atoms with E-state index in [9.17, 15) is 28.4 Å². The molecule has 51 heavy (non-hydrogen) atoms. The molecule has 0 spiro atoms. The van der Waals surface area contributed by atoms with Crippen LogP contribution in [0.25, 0.3) is 10.8 Å². The van der Waals surface area contributed by atoms with Gasteiger partial charge in [-0.1, -0.05) is 36.4 Å². The summed E-state index contributed by atoms with van der Waals surface area (Å²) in [5.41, 5.74) is 0.770. The van der Waals surface area contributed by atoms with Crippen LogP contribution < -0.4 is 15.4 Å². The van der Waals surface area contributed by atoms with E-state index < -0.39 is 29.7 Å². The molecule has 3 heterocycles. The molecule has 270 valence electrons. The molecule has 13 heteroatoms. The first-order chi connectivity index (χ1) is 24.5. The molecule has 6 rings (SSSR count). The molecule has 0 unspecified atom stereocenters. The van der Waals surface area contributed by atoms with E-state index in [4.69, 9.17) is 4.74 Å². The van der Waals surface area contributed by atoms with Gasteiger partial charge in [0.1, 0.15) is 24.2 Å². The number of rotatable bonds is 6. The zero-order chi connectivity index (χ0) is 36.1. The van der Waals surface area contributed by atoms with Gasteiger partial charge in [0, 0.05) is 39.6 Å². The number of hydrogen-bond donors (Lipinski definition) is 2. The van der Waals surface area contributed by atoms with Gasteiger partial charge >= 0.3 is 0 Å². The second-order valence-electron chi connectivity index (χ2n) is 13.8. The smallest absolute Gasteiger partial charge is 0.258 e. The molecule has 3 aliphatic heterocycles. The van der Waals surface area contributed by atoms with Crippen molar-refractivity contribution >= 4 is 40.3 Å². The highest BCUT2D eigenvalue weighted by molar-refractivity contribution is 5.99. The molecular formula is C38H45FN6O6. The minimum atomic E-state index is -1.08. The van der Waals surface area contributed by atoms with E-state index in [0.29, 0.717) is 13.0 Å². The van der Waals surface area contributed by atoms with Crippen LogP contribution in [0, 0.1) is 5.82 Å². The van der Waals surface area contributed by atoms with Crippen LogP contribution in [0.3, 0.4) is 0 Å². The third-order valence-corrected chi connectivity index (χ3v) is 10.1. The number of likely N-dealkylation sites (tertiary alicyclic amines) is 1. The van der Waals surface area contributed by atoms with Crippen molar-refractivity contribution < 1.29 is 33.1 Å². The molecule has 12 nitrogen and oxygen atoms in total. The fourth-order valence-electron chi connectivity index (χ4n) is 7.20. The SMILES string of the molecule is CN1CC(=O)N2C[C@@H](NC(=O)CN3CCCC3)C[C@H]2COc2ccc(F)cc2C(=O)N(C)[C@@H](C(=O)NCc2ccc3ccccc3c2)CCC1=O. The lowest BCUT2D eigenvalue weighted by Gasteiger charge is -2.28. The Morgan fingerprint density at radius 1 is 0.941 bits per heavy atom. The Kier molecular flexibility index (Phi) is 11.1. The quantitative estimate of drug-likeness (QED) is 0.404. The second-order valence-corrected chi connectivity index (χ2v) is 13.8. The number of likely N-dealkylation sites (N-methyl/N-ethyl adjacent to an activating group) is 2. The van der Waals surface area contributed by atoms with Crippen LogP contribution in [-0.2, 0) is 25.7 Å². The minimum Gasteiger partial charge on any atom is -0.491 e. The highest BCUT2D eigenvalue weighted by atomic mass is 19.1. The predicted octanol–water partition coefficient (Wildman–Crippen LogP) is 2.55. The van der Waals surface area contributed by atoms with E-state index in [2.05, 4.69) is 15.5 Å². The summed E-state index contributed by atoms with van der Waals surface area (Å²) in [7, 11) is 2.97. The average molecular weight is 701 g/mol. The van der Waals surface area contributed by atoms with E-state index in [1.54, 1.807) is 4.90 Å². The Morgan fingerprint density at radius 3 is 2.49 bits per heavy atom. The van der Waals surface area contributed by atoms with Gasteiger partial charge in [0.05, 0.1) is 24.7 Å². The van der Waals surface area contributed by atoms with Crippen LogP contribution in [0.4, 0.5) is 4.39 Å². The number of benzene rings is 3. The maximum absolute atomic E-state index is 14.6. The summed E-state index contributed by atoms with van der Waals surface area (Å²) in [6.07, 6.45) is 2.37. The highest BCUT2D eigenvalue weighted by Gasteiger charge is 2.38. The van der Waals surface area contributed by atoms with Crippen molar-refractivity contribution in [2.75, 3.05) is 53.4 Å². The van der Waals surface area contributed by atoms with Crippen molar-refractivity contribution in [3.63, 3.8) is 0 Å². The Bertz CT molecular complexity index is 1800. The third-order valence-electron chi connectivity index (χ3n) is 10.1. The first kappa shape index (κ1) is 35.8. The Balaban J connectivity index is 1.21. The lowest BCUT2D eigenvalue weighted by molar-refractivity contribution is -0.140. The van der Waals surface area contributed by atoms with Crippen molar-refractivity contribution in [1.82, 2.24) is 30.2 Å². The highest BCUT2D eigenvalue weighted by Crippen LogP contribution is 2.26. The minimum absolute atomic E-state index is 0.0345. The summed E-state index contributed by atoms with van der Waals surface area (Å²) in [4.78, 5) is 73.8. The third kappa shape index (κ3) is 8.65. The zero-order valence-corrected chi connectivity index (χ0v) is 29.1. The van der Waals surface area contributed by atoms with Gasteiger partial charge in [0.15, 0.2) is 0 Å². The van der Waals surface area contributed by atoms with Crippen molar-refractivity contribution in [3.8, 4) is 5.75 Å². The largest absolute Gasteiger partial charge is 0.491 e. The van der Waals surface area contributed by atoms with Crippen LogP contribution in [0.2, 0.25) is 0 Å². The molecule has 0 aromatic heterocycles. The summed E-state index contributed by atoms with van der Waals surface area (Å²) >= 11 is 0. The number of ether oxygens (including phenoxy) is 1. The number of hydrogen-bond acceptors (Lipinski definition) is 7. The van der Waals surface area contributed by atoms with Crippen molar-refractivity contribution in [1.29, 1.82) is 0 Å². The molecule has 3 aliphatic rings. The standard InChI is InChI=1S/C38H45FN6O6/c1-42-23-36(48)45-21-29(41-34(46)22-44-15-5-6-16-44)19-30(45)24-51-33-13-11-28(39)18-31(33)38(50)43(2)32(12-14-35(42)47)37(49)40-20-25-9-10-26-7-3-4-8-27(26)17-25/h3-4,7-11,13,17-18,29-30,32H,5-6,12,14-16,19-24H2,1-2H3,(H,40,49)(H,41,46)/t29-,30-,32+/m0/s1. The van der Waals surface area contributed by atoms with Gasteiger partial charge < -0.3 is 30.1 Å². The lowest BCUT2D eigenvalue weighted by Crippen LogP contribution is -2.48. The van der Waals surface area contributed by atoms with Gasteiger partial charge in [0.25, 0.3) is 5.91 Å². The Labute approximate surface area is 296 Å². The van der Waals surface area contributed by atoms with Crippen LogP contribution in [0.15, 0.2) is 60.7 Å². The Morgan fingerprint density at radius 2 is 1.71 bits per heavy atom. The van der Waals surface area contributed by atoms with E-state index in [1.807, 2.05) is 42.5 Å². The molecule has 0 radical (unpaired) electrons. The van der Waals surface area contributed by atoms with E-state index in [0.717, 1.165) is 48.3 Å². The van der Waals surface area contributed by atoms with Gasteiger partial charge in [-0.15, -0.1) is 0 Å². The normalized spacial score (nSPS) is 22.2. The summed E-state index contributed by atoms with van der Waals surface area (Å²) < 4.78 is 20.8. The molecule has 2 fully saturated rings. The monoisotopic (exact) mass is 700 g/mol. The molecule has 0 aliphatic carbocycles. The van der Waals surface area contributed by atoms with Gasteiger partial charge in [-0.3, -0.25) is 28.9 Å². The van der Waals surface area contributed by atoms with E-state index in [1.165, 1.54) is 36.0 Å². The van der Waals surface area contributed by atoms with Crippen LogP contribution >= 0.6 is 0 Å². The number of carbonyl (C=O) groups is 5. The van der Waals surface area contributed by atoms with Crippen molar-refractivity contribution in [2.45, 2.75) is 56.8 Å². The van der Waals surface area contributed by atoms with E-state index in [-0.39, 0.29) is 74.2 Å². The molecule has 5 amide bonds. The molecule has 0 bridgehead atoms. The summed E-state index contributed by atoms with van der Waals surface area (Å²) in [6, 6.07) is 15.4. The number of amides is 5. The Hall–Kier alpha value is -5.04. The number of nitrogens with zero attached hydrogens (tertiary/aromatic N) is 4. The van der Waals surface area contributed by atoms with Gasteiger partial charge in [-0.25, -0.2) is 4.39 Å². The molecule has 0 saturated carbocycles. The first-order valence-corrected chi connectivity index (χ1v) is 17.6. The number of nitrogens with one attached hydrogen (secondary N) is 2. The molecule has 3 aromatic rings. The molecule has 3 atom stereocenters. The van der Waals surface area contributed by atoms with E-state index >= 15 is 0 Å². The van der Waals surface area contributed by atoms with Crippen LogP contribution in [0.1, 0.15) is 48.0 Å². The second kappa shape index (κ2) is 15.9. The molecule has 2 saturated heterocycles. The summed E-state index contributed by atoms with van der Waals surface area (Å²) in [5, 5.41) is 8.04. The van der Waals surface area contributed by atoms with Gasteiger partial charge in [-0.2, -0.15) is 0 Å². The van der Waals surface area contributed by atoms with Crippen LogP contribution in [0.5, 0.6) is 5.75 Å². The first-order valence-electron chi connectivity index (χ1n) is 17.6. The number of carbonyl (C=O) groups excluding carboxylic acids is 5. The van der Waals surface area contributed by atoms with Gasteiger partial charge in [-0.05, 0) is 79.4 Å². The average Bonchev–Trinajstić information content (AvgIpc) is 3.78. The number of halogens is 1. The maximum Gasteiger partial charge on any atom is 0.258 e. The molecular weight excluding hydrogens is 655 g/mol. The fourth-order valence-corrected chi connectivity index (χ4v) is 7.20. The lowest BCUT2D eigenvalue weighted by atomic mass is 10.0. The van der Waals surface area contributed by atoms with Crippen LogP contribution in [-0.4, -0.2) is 121 Å². The number of fused-ring (bicyclic) bond motifs is 3. The summed E-state index contributed by atoms with van der Waals surface area (Å²) in [6.45, 7) is 2.23. The maximum atomic E-state index is 14.6. The topological polar surface area (TPSA) is 132 Å². The van der Waals surface area contributed by atoms with Gasteiger partial charge in [0.2, 0.25) is 23.6 Å². The van der Waals surface area contributed by atoms with Crippen molar-refractivity contribution in [3.05, 3.63) is 77.6 Å².